The number of carbonyl (C=O) groups is 2. The fourth-order valence-corrected chi connectivity index (χ4v) is 2.70. The lowest BCUT2D eigenvalue weighted by Gasteiger charge is -2.10. The van der Waals surface area contributed by atoms with E-state index in [9.17, 15) is 9.59 Å². The number of rotatable bonds is 5. The third-order valence-electron chi connectivity index (χ3n) is 2.94. The van der Waals surface area contributed by atoms with E-state index in [0.717, 1.165) is 6.42 Å². The lowest BCUT2D eigenvalue weighted by Crippen LogP contribution is -2.30. The molecule has 0 aliphatic rings. The van der Waals surface area contributed by atoms with Gasteiger partial charge in [0.2, 0.25) is 0 Å². The van der Waals surface area contributed by atoms with Crippen LogP contribution in [0.1, 0.15) is 15.2 Å². The average molecular weight is 338 g/mol. The maximum absolute atomic E-state index is 11.9. The van der Waals surface area contributed by atoms with E-state index in [-0.39, 0.29) is 11.9 Å². The molecule has 0 radical (unpaired) electrons. The Kier molecular flexibility index (Phi) is 5.80. The molecule has 7 heteroatoms. The van der Waals surface area contributed by atoms with Crippen LogP contribution in [0.3, 0.4) is 0 Å². The summed E-state index contributed by atoms with van der Waals surface area (Å²) in [4.78, 5) is 24.7. The first-order chi connectivity index (χ1) is 10.6. The average Bonchev–Trinajstić information content (AvgIpc) is 3.02. The van der Waals surface area contributed by atoms with Crippen LogP contribution in [-0.2, 0) is 6.42 Å². The third kappa shape index (κ3) is 4.47. The van der Waals surface area contributed by atoms with Crippen molar-refractivity contribution >= 4 is 40.6 Å². The summed E-state index contributed by atoms with van der Waals surface area (Å²) in [5.41, 5.74) is 0.831. The number of hydrogen-bond acceptors (Lipinski definition) is 3. The second-order valence-electron chi connectivity index (χ2n) is 4.48. The number of anilines is 1. The van der Waals surface area contributed by atoms with Crippen molar-refractivity contribution in [3.8, 4) is 0 Å². The van der Waals surface area contributed by atoms with Crippen molar-refractivity contribution < 1.29 is 9.59 Å². The molecule has 3 amide bonds. The Morgan fingerprint density at radius 1 is 1.27 bits per heavy atom. The SMILES string of the molecule is CNC(=O)c1ccc(Cl)c(NC(=O)NCCc2cccs2)c1. The Morgan fingerprint density at radius 3 is 2.77 bits per heavy atom. The molecular formula is C15H16ClN3O2S. The van der Waals surface area contributed by atoms with Crippen molar-refractivity contribution in [1.82, 2.24) is 10.6 Å². The molecule has 0 aliphatic heterocycles. The van der Waals surface area contributed by atoms with E-state index in [1.165, 1.54) is 4.88 Å². The van der Waals surface area contributed by atoms with Gasteiger partial charge in [0.25, 0.3) is 5.91 Å². The molecule has 0 saturated heterocycles. The summed E-state index contributed by atoms with van der Waals surface area (Å²) in [6.45, 7) is 0.527. The van der Waals surface area contributed by atoms with Crippen LogP contribution in [0, 0.1) is 0 Å². The Hall–Kier alpha value is -2.05. The van der Waals surface area contributed by atoms with Crippen molar-refractivity contribution in [2.24, 2.45) is 0 Å². The van der Waals surface area contributed by atoms with Crippen LogP contribution in [0.25, 0.3) is 0 Å². The highest BCUT2D eigenvalue weighted by Gasteiger charge is 2.10. The lowest BCUT2D eigenvalue weighted by atomic mass is 10.2. The number of carbonyl (C=O) groups excluding carboxylic acids is 2. The van der Waals surface area contributed by atoms with Gasteiger partial charge in [-0.1, -0.05) is 17.7 Å². The monoisotopic (exact) mass is 337 g/mol. The molecule has 1 aromatic heterocycles. The molecule has 0 fully saturated rings. The molecular weight excluding hydrogens is 322 g/mol. The molecule has 0 unspecified atom stereocenters. The Balaban J connectivity index is 1.91. The molecule has 0 atom stereocenters. The van der Waals surface area contributed by atoms with Crippen LogP contribution in [0.15, 0.2) is 35.7 Å². The predicted molar refractivity (Wildman–Crippen MR) is 89.9 cm³/mol. The van der Waals surface area contributed by atoms with E-state index in [1.54, 1.807) is 36.6 Å². The van der Waals surface area contributed by atoms with Crippen LogP contribution < -0.4 is 16.0 Å². The number of thiophene rings is 1. The second-order valence-corrected chi connectivity index (χ2v) is 5.92. The maximum Gasteiger partial charge on any atom is 0.319 e. The van der Waals surface area contributed by atoms with Gasteiger partial charge in [0.05, 0.1) is 10.7 Å². The molecule has 2 rings (SSSR count). The topological polar surface area (TPSA) is 70.2 Å². The number of hydrogen-bond donors (Lipinski definition) is 3. The predicted octanol–water partition coefficient (Wildman–Crippen LogP) is 3.13. The number of benzene rings is 1. The van der Waals surface area contributed by atoms with E-state index >= 15 is 0 Å². The van der Waals surface area contributed by atoms with E-state index < -0.39 is 0 Å². The van der Waals surface area contributed by atoms with Crippen molar-refractivity contribution in [3.05, 3.63) is 51.2 Å². The second kappa shape index (κ2) is 7.82. The molecule has 0 bridgehead atoms. The Labute approximate surface area is 137 Å². The molecule has 1 aromatic carbocycles. The summed E-state index contributed by atoms with van der Waals surface area (Å²) in [5.74, 6) is -0.238. The minimum Gasteiger partial charge on any atom is -0.355 e. The van der Waals surface area contributed by atoms with Crippen LogP contribution >= 0.6 is 22.9 Å². The number of halogens is 1. The van der Waals surface area contributed by atoms with Gasteiger partial charge < -0.3 is 16.0 Å². The summed E-state index contributed by atoms with van der Waals surface area (Å²) < 4.78 is 0. The van der Waals surface area contributed by atoms with Gasteiger partial charge in [-0.15, -0.1) is 11.3 Å². The van der Waals surface area contributed by atoms with Gasteiger partial charge in [-0.05, 0) is 36.1 Å². The summed E-state index contributed by atoms with van der Waals surface area (Å²) in [6, 6.07) is 8.36. The fraction of sp³-hybridized carbons (Fsp3) is 0.200. The quantitative estimate of drug-likeness (QED) is 0.784. The molecule has 3 N–H and O–H groups in total. The highest BCUT2D eigenvalue weighted by Crippen LogP contribution is 2.23. The first-order valence-electron chi connectivity index (χ1n) is 6.69. The molecule has 0 saturated carbocycles. The summed E-state index contributed by atoms with van der Waals surface area (Å²) in [7, 11) is 1.54. The zero-order chi connectivity index (χ0) is 15.9. The van der Waals surface area contributed by atoms with Crippen molar-refractivity contribution in [1.29, 1.82) is 0 Å². The third-order valence-corrected chi connectivity index (χ3v) is 4.21. The Bertz CT molecular complexity index is 659. The molecule has 0 spiro atoms. The first kappa shape index (κ1) is 16.3. The van der Waals surface area contributed by atoms with Crippen molar-refractivity contribution in [2.45, 2.75) is 6.42 Å². The number of nitrogens with one attached hydrogen (secondary N) is 3. The smallest absolute Gasteiger partial charge is 0.319 e. The zero-order valence-corrected chi connectivity index (χ0v) is 13.6. The van der Waals surface area contributed by atoms with Crippen molar-refractivity contribution in [2.75, 3.05) is 18.9 Å². The molecule has 116 valence electrons. The molecule has 0 aliphatic carbocycles. The first-order valence-corrected chi connectivity index (χ1v) is 7.95. The zero-order valence-electron chi connectivity index (χ0n) is 12.0. The summed E-state index contributed by atoms with van der Waals surface area (Å²) in [5, 5.41) is 10.3. The van der Waals surface area contributed by atoms with E-state index in [4.69, 9.17) is 11.6 Å². The van der Waals surface area contributed by atoms with Gasteiger partial charge in [0.1, 0.15) is 0 Å². The van der Waals surface area contributed by atoms with E-state index in [0.29, 0.717) is 22.8 Å². The van der Waals surface area contributed by atoms with Crippen LogP contribution in [0.5, 0.6) is 0 Å². The van der Waals surface area contributed by atoms with Gasteiger partial charge in [-0.25, -0.2) is 4.79 Å². The van der Waals surface area contributed by atoms with Gasteiger partial charge in [0, 0.05) is 24.0 Å². The largest absolute Gasteiger partial charge is 0.355 e. The fourth-order valence-electron chi connectivity index (χ4n) is 1.83. The highest BCUT2D eigenvalue weighted by atomic mass is 35.5. The molecule has 22 heavy (non-hydrogen) atoms. The minimum atomic E-state index is -0.354. The summed E-state index contributed by atoms with van der Waals surface area (Å²) in [6.07, 6.45) is 0.775. The van der Waals surface area contributed by atoms with E-state index in [2.05, 4.69) is 16.0 Å². The van der Waals surface area contributed by atoms with Crippen LogP contribution in [-0.4, -0.2) is 25.5 Å². The standard InChI is InChI=1S/C15H16ClN3O2S/c1-17-14(20)10-4-5-12(16)13(9-10)19-15(21)18-7-6-11-3-2-8-22-11/h2-5,8-9H,6-7H2,1H3,(H,17,20)(H2,18,19,21). The lowest BCUT2D eigenvalue weighted by molar-refractivity contribution is 0.0963. The normalized spacial score (nSPS) is 10.1. The molecule has 1 heterocycles. The Morgan fingerprint density at radius 2 is 2.09 bits per heavy atom. The van der Waals surface area contributed by atoms with E-state index in [1.807, 2.05) is 17.5 Å². The number of amides is 3. The molecule has 2 aromatic rings. The van der Waals surface area contributed by atoms with Crippen LogP contribution in [0.2, 0.25) is 5.02 Å². The van der Waals surface area contributed by atoms with Gasteiger partial charge >= 0.3 is 6.03 Å². The van der Waals surface area contributed by atoms with Crippen LogP contribution in [0.4, 0.5) is 10.5 Å². The number of urea groups is 1. The summed E-state index contributed by atoms with van der Waals surface area (Å²) >= 11 is 7.68. The van der Waals surface area contributed by atoms with Gasteiger partial charge in [0.15, 0.2) is 0 Å². The van der Waals surface area contributed by atoms with Crippen molar-refractivity contribution in [3.63, 3.8) is 0 Å². The highest BCUT2D eigenvalue weighted by molar-refractivity contribution is 7.09. The van der Waals surface area contributed by atoms with Gasteiger partial charge in [-0.3, -0.25) is 4.79 Å². The molecule has 5 nitrogen and oxygen atoms in total. The maximum atomic E-state index is 11.9. The minimum absolute atomic E-state index is 0.238. The van der Waals surface area contributed by atoms with Gasteiger partial charge in [-0.2, -0.15) is 0 Å².